The van der Waals surface area contributed by atoms with Gasteiger partial charge in [-0.2, -0.15) is 91.5 Å². The zero-order valence-electron chi connectivity index (χ0n) is 29.1. The molecule has 0 aliphatic heterocycles. The van der Waals surface area contributed by atoms with Gasteiger partial charge in [0.2, 0.25) is 0 Å². The maximum atomic E-state index is 14.6. The van der Waals surface area contributed by atoms with E-state index in [1.165, 1.54) is 0 Å². The van der Waals surface area contributed by atoms with Crippen LogP contribution in [0.1, 0.15) is 97.3 Å². The summed E-state index contributed by atoms with van der Waals surface area (Å²) in [6.45, 7) is 2.42. The van der Waals surface area contributed by atoms with Gasteiger partial charge in [0.05, 0.1) is 19.6 Å². The summed E-state index contributed by atoms with van der Waals surface area (Å²) in [4.78, 5) is 24.9. The minimum absolute atomic E-state index is 0. The van der Waals surface area contributed by atoms with Crippen LogP contribution in [0.4, 0.5) is 74.6 Å². The van der Waals surface area contributed by atoms with Gasteiger partial charge in [0.25, 0.3) is 10.1 Å². The number of esters is 2. The van der Waals surface area contributed by atoms with Crippen molar-refractivity contribution in [2.24, 2.45) is 0 Å². The van der Waals surface area contributed by atoms with E-state index in [2.05, 4.69) is 13.1 Å². The molecule has 0 bridgehead atoms. The molecule has 0 saturated carbocycles. The fourth-order valence-corrected chi connectivity index (χ4v) is 7.06. The van der Waals surface area contributed by atoms with Crippen molar-refractivity contribution in [3.63, 3.8) is 0 Å². The summed E-state index contributed by atoms with van der Waals surface area (Å²) in [6.07, 6.45) is -3.66. The third-order valence-corrected chi connectivity index (χ3v) is 11.1. The van der Waals surface area contributed by atoms with E-state index in [0.717, 1.165) is 32.1 Å². The van der Waals surface area contributed by atoms with E-state index < -0.39 is 104 Å². The average molecular weight is 929 g/mol. The first-order valence-corrected chi connectivity index (χ1v) is 19.1. The summed E-state index contributed by atoms with van der Waals surface area (Å²) in [7, 11) is -15.6. The monoisotopic (exact) mass is 928 g/mol. The predicted molar refractivity (Wildman–Crippen MR) is 164 cm³/mol. The standard InChI is InChI=1S/C28H37F17O9S2.Na.H/c1-3-5-7-9-11-13-15-52-19(46)17-18(20(47)53-16-14-12-10-8-6-4-2)55(48,49)54-56(50,51)28(44,45)26(39,40)24(35,36)22(31,32)21(29,30)23(33,34)25(37,38)27(41,42)43;;/h18H,3-17H2,1-2H3;;. The van der Waals surface area contributed by atoms with E-state index in [9.17, 15) is 101 Å². The molecular formula is C28H38F17NaO9S2. The first kappa shape index (κ1) is 57.7. The first-order valence-electron chi connectivity index (χ1n) is 16.3. The number of rotatable bonds is 27. The Bertz CT molecular complexity index is 1510. The summed E-state index contributed by atoms with van der Waals surface area (Å²) in [5.74, 6) is -57.7. The zero-order valence-corrected chi connectivity index (χ0v) is 30.7. The van der Waals surface area contributed by atoms with Crippen molar-refractivity contribution >= 4 is 61.7 Å². The molecule has 9 nitrogen and oxygen atoms in total. The number of halogens is 17. The third-order valence-electron chi connectivity index (χ3n) is 7.66. The molecule has 1 atom stereocenters. The SMILES string of the molecule is CCCCCCCCOC(=O)CC(C(=O)OCCCCCCCC)S(=O)(=O)OS(=O)(=O)C(F)(F)C(F)(F)C(F)(F)C(F)(F)C(F)(F)C(F)(F)C(F)(F)C(F)(F)F.[NaH]. The number of carbonyl (C=O) groups is 2. The minimum atomic E-state index is -9.18. The molecule has 0 N–H and O–H groups in total. The molecule has 336 valence electrons. The van der Waals surface area contributed by atoms with Gasteiger partial charge in [-0.05, 0) is 12.8 Å². The summed E-state index contributed by atoms with van der Waals surface area (Å²) >= 11 is 0. The molecule has 29 heteroatoms. The van der Waals surface area contributed by atoms with Crippen molar-refractivity contribution in [1.29, 1.82) is 0 Å². The molecule has 0 aliphatic carbocycles. The second kappa shape index (κ2) is 21.4. The van der Waals surface area contributed by atoms with Crippen molar-refractivity contribution in [1.82, 2.24) is 0 Å². The molecule has 0 heterocycles. The topological polar surface area (TPSA) is 130 Å². The summed E-state index contributed by atoms with van der Waals surface area (Å²) in [6, 6.07) is 0. The van der Waals surface area contributed by atoms with Crippen LogP contribution in [0.5, 0.6) is 0 Å². The number of hydrogen-bond acceptors (Lipinski definition) is 9. The van der Waals surface area contributed by atoms with Gasteiger partial charge in [-0.3, -0.25) is 9.59 Å². The Kier molecular flexibility index (Phi) is 21.7. The molecule has 0 aliphatic rings. The molecule has 0 fully saturated rings. The average Bonchev–Trinajstić information content (AvgIpc) is 3.04. The van der Waals surface area contributed by atoms with Gasteiger partial charge in [-0.25, -0.2) is 0 Å². The number of alkyl halides is 17. The second-order valence-corrected chi connectivity index (χ2v) is 15.6. The maximum absolute atomic E-state index is 14.6. The number of carbonyl (C=O) groups excluding carboxylic acids is 2. The molecule has 0 rings (SSSR count). The number of unbranched alkanes of at least 4 members (excludes halogenated alkanes) is 10. The molecule has 0 saturated heterocycles. The Morgan fingerprint density at radius 2 is 0.825 bits per heavy atom. The van der Waals surface area contributed by atoms with Crippen LogP contribution in [0.15, 0.2) is 0 Å². The van der Waals surface area contributed by atoms with Gasteiger partial charge < -0.3 is 9.47 Å². The molecule has 0 aromatic heterocycles. The first-order chi connectivity index (χ1) is 25.0. The fraction of sp³-hybridized carbons (Fsp3) is 0.929. The number of hydrogen-bond donors (Lipinski definition) is 0. The number of ether oxygens (including phenoxy) is 2. The van der Waals surface area contributed by atoms with Crippen molar-refractivity contribution in [3.05, 3.63) is 0 Å². The molecule has 0 radical (unpaired) electrons. The molecule has 0 aromatic rings. The van der Waals surface area contributed by atoms with E-state index in [4.69, 9.17) is 0 Å². The van der Waals surface area contributed by atoms with Gasteiger partial charge in [-0.1, -0.05) is 78.1 Å². The predicted octanol–water partition coefficient (Wildman–Crippen LogP) is 8.55. The summed E-state index contributed by atoms with van der Waals surface area (Å²) in [5.41, 5.74) is 0. The van der Waals surface area contributed by atoms with Gasteiger partial charge in [0.15, 0.2) is 5.25 Å². The van der Waals surface area contributed by atoms with E-state index in [1.807, 2.05) is 13.8 Å². The van der Waals surface area contributed by atoms with E-state index in [1.54, 1.807) is 0 Å². The second-order valence-electron chi connectivity index (χ2n) is 12.1. The Morgan fingerprint density at radius 3 is 1.21 bits per heavy atom. The van der Waals surface area contributed by atoms with Crippen molar-refractivity contribution in [2.75, 3.05) is 13.2 Å². The summed E-state index contributed by atoms with van der Waals surface area (Å²) in [5, 5.41) is -11.9. The van der Waals surface area contributed by atoms with Gasteiger partial charge in [-0.15, -0.1) is 3.63 Å². The van der Waals surface area contributed by atoms with E-state index in [-0.39, 0.29) is 48.8 Å². The van der Waals surface area contributed by atoms with Crippen LogP contribution in [-0.2, 0) is 42.9 Å². The van der Waals surface area contributed by atoms with Crippen molar-refractivity contribution < 1.29 is 114 Å². The molecule has 1 unspecified atom stereocenters. The Hall–Kier alpha value is -1.39. The van der Waals surface area contributed by atoms with Crippen molar-refractivity contribution in [3.8, 4) is 0 Å². The third kappa shape index (κ3) is 12.8. The quantitative estimate of drug-likeness (QED) is 0.0345. The molecule has 0 amide bonds. The van der Waals surface area contributed by atoms with Crippen LogP contribution >= 0.6 is 0 Å². The van der Waals surface area contributed by atoms with Crippen LogP contribution in [0, 0.1) is 0 Å². The molecule has 0 aromatic carbocycles. The van der Waals surface area contributed by atoms with Crippen molar-refractivity contribution in [2.45, 2.75) is 150 Å². The fourth-order valence-electron chi connectivity index (χ4n) is 4.25. The Balaban J connectivity index is 0. The van der Waals surface area contributed by atoms with Gasteiger partial charge in [0, 0.05) is 0 Å². The zero-order chi connectivity index (χ0) is 44.5. The van der Waals surface area contributed by atoms with E-state index in [0.29, 0.717) is 25.7 Å². The van der Waals surface area contributed by atoms with Crippen LogP contribution in [0.25, 0.3) is 0 Å². The molecule has 57 heavy (non-hydrogen) atoms. The van der Waals surface area contributed by atoms with Gasteiger partial charge in [0.1, 0.15) is 0 Å². The van der Waals surface area contributed by atoms with Crippen LogP contribution in [-0.4, -0.2) is 124 Å². The normalized spacial score (nSPS) is 14.9. The van der Waals surface area contributed by atoms with Crippen LogP contribution in [0.3, 0.4) is 0 Å². The molecule has 0 spiro atoms. The summed E-state index contributed by atoms with van der Waals surface area (Å²) < 4.78 is 293. The van der Waals surface area contributed by atoms with E-state index >= 15 is 0 Å². The molecular weight excluding hydrogens is 890 g/mol. The van der Waals surface area contributed by atoms with Crippen LogP contribution < -0.4 is 0 Å². The Morgan fingerprint density at radius 1 is 0.491 bits per heavy atom. The van der Waals surface area contributed by atoms with Gasteiger partial charge >= 0.3 is 98.6 Å². The Labute approximate surface area is 337 Å². The van der Waals surface area contributed by atoms with Crippen LogP contribution in [0.2, 0.25) is 0 Å².